The average Bonchev–Trinajstić information content (AvgIpc) is 2.62. The fourth-order valence-corrected chi connectivity index (χ4v) is 3.08. The molecule has 2 aromatic rings. The number of hydrogen-bond acceptors (Lipinski definition) is 4. The van der Waals surface area contributed by atoms with E-state index in [2.05, 4.69) is 17.0 Å². The smallest absolute Gasteiger partial charge is 0.269 e. The standard InChI is InChI=1S/C18H18N4O2/c19-13-15-2-1-3-16(12-15)14-20-8-10-21(11-9-20)17-4-6-18(7-5-17)22(23)24/h1-7,12H,8-11,14H2/p+1. The second-order valence-corrected chi connectivity index (χ2v) is 6.00. The van der Waals surface area contributed by atoms with Crippen molar-refractivity contribution in [3.63, 3.8) is 0 Å². The van der Waals surface area contributed by atoms with Crippen LogP contribution in [0.25, 0.3) is 0 Å². The molecule has 0 unspecified atom stereocenters. The van der Waals surface area contributed by atoms with Crippen LogP contribution in [0.3, 0.4) is 0 Å². The molecule has 1 saturated heterocycles. The molecule has 1 aliphatic heterocycles. The van der Waals surface area contributed by atoms with Crippen molar-refractivity contribution in [2.45, 2.75) is 6.54 Å². The molecule has 0 aromatic heterocycles. The van der Waals surface area contributed by atoms with Crippen molar-refractivity contribution in [1.29, 1.82) is 5.26 Å². The summed E-state index contributed by atoms with van der Waals surface area (Å²) >= 11 is 0. The molecule has 0 saturated carbocycles. The fraction of sp³-hybridized carbons (Fsp3) is 0.278. The normalized spacial score (nSPS) is 15.0. The third kappa shape index (κ3) is 3.70. The van der Waals surface area contributed by atoms with Crippen LogP contribution in [0.15, 0.2) is 48.5 Å². The highest BCUT2D eigenvalue weighted by molar-refractivity contribution is 5.51. The van der Waals surface area contributed by atoms with Gasteiger partial charge in [0.15, 0.2) is 0 Å². The number of non-ortho nitro benzene ring substituents is 1. The summed E-state index contributed by atoms with van der Waals surface area (Å²) in [7, 11) is 0. The molecular formula is C18H19N4O2+. The number of nitrogens with zero attached hydrogens (tertiary/aromatic N) is 3. The Balaban J connectivity index is 1.57. The van der Waals surface area contributed by atoms with Crippen molar-refractivity contribution in [3.8, 4) is 6.07 Å². The van der Waals surface area contributed by atoms with Gasteiger partial charge >= 0.3 is 0 Å². The van der Waals surface area contributed by atoms with Gasteiger partial charge in [-0.25, -0.2) is 0 Å². The number of quaternary nitrogens is 1. The number of anilines is 1. The first kappa shape index (κ1) is 16.0. The predicted molar refractivity (Wildman–Crippen MR) is 90.9 cm³/mol. The maximum Gasteiger partial charge on any atom is 0.269 e. The highest BCUT2D eigenvalue weighted by Gasteiger charge is 2.20. The minimum atomic E-state index is -0.374. The van der Waals surface area contributed by atoms with Crippen LogP contribution in [0.1, 0.15) is 11.1 Å². The fourth-order valence-electron chi connectivity index (χ4n) is 3.08. The van der Waals surface area contributed by atoms with Gasteiger partial charge in [0.25, 0.3) is 5.69 Å². The zero-order chi connectivity index (χ0) is 16.9. The van der Waals surface area contributed by atoms with Crippen LogP contribution in [0.5, 0.6) is 0 Å². The van der Waals surface area contributed by atoms with Gasteiger partial charge in [-0.3, -0.25) is 10.1 Å². The van der Waals surface area contributed by atoms with E-state index in [9.17, 15) is 10.1 Å². The Hall–Kier alpha value is -2.91. The Bertz CT molecular complexity index is 759. The van der Waals surface area contributed by atoms with E-state index in [0.29, 0.717) is 5.56 Å². The molecule has 0 aliphatic carbocycles. The molecule has 0 amide bonds. The lowest BCUT2D eigenvalue weighted by atomic mass is 10.1. The molecule has 24 heavy (non-hydrogen) atoms. The summed E-state index contributed by atoms with van der Waals surface area (Å²) < 4.78 is 0. The number of benzene rings is 2. The van der Waals surface area contributed by atoms with Crippen molar-refractivity contribution < 1.29 is 9.82 Å². The third-order valence-electron chi connectivity index (χ3n) is 4.41. The Kier molecular flexibility index (Phi) is 4.73. The van der Waals surface area contributed by atoms with Crippen LogP contribution < -0.4 is 9.80 Å². The number of nitro groups is 1. The molecule has 0 radical (unpaired) electrons. The first-order chi connectivity index (χ1) is 11.7. The number of nitro benzene ring substituents is 1. The second-order valence-electron chi connectivity index (χ2n) is 6.00. The van der Waals surface area contributed by atoms with Crippen LogP contribution in [0.4, 0.5) is 11.4 Å². The van der Waals surface area contributed by atoms with Crippen LogP contribution >= 0.6 is 0 Å². The average molecular weight is 323 g/mol. The van der Waals surface area contributed by atoms with Gasteiger partial charge in [0, 0.05) is 23.4 Å². The summed E-state index contributed by atoms with van der Waals surface area (Å²) in [6.45, 7) is 4.78. The summed E-state index contributed by atoms with van der Waals surface area (Å²) in [5.41, 5.74) is 3.05. The van der Waals surface area contributed by atoms with Crippen LogP contribution in [-0.4, -0.2) is 31.1 Å². The number of hydrogen-bond donors (Lipinski definition) is 1. The van der Waals surface area contributed by atoms with E-state index in [-0.39, 0.29) is 10.6 Å². The van der Waals surface area contributed by atoms with Gasteiger partial charge in [0.1, 0.15) is 6.54 Å². The topological polar surface area (TPSA) is 74.6 Å². The summed E-state index contributed by atoms with van der Waals surface area (Å²) in [6, 6.07) is 16.7. The van der Waals surface area contributed by atoms with Gasteiger partial charge in [-0.1, -0.05) is 12.1 Å². The Morgan fingerprint density at radius 3 is 2.50 bits per heavy atom. The molecule has 1 heterocycles. The van der Waals surface area contributed by atoms with Gasteiger partial charge in [-0.05, 0) is 24.3 Å². The SMILES string of the molecule is N#Cc1cccc(C[NH+]2CCN(c3ccc([N+](=O)[O-])cc3)CC2)c1. The van der Waals surface area contributed by atoms with Crippen LogP contribution in [-0.2, 0) is 6.54 Å². The summed E-state index contributed by atoms with van der Waals surface area (Å²) in [4.78, 5) is 14.1. The first-order valence-electron chi connectivity index (χ1n) is 7.98. The summed E-state index contributed by atoms with van der Waals surface area (Å²) in [6.07, 6.45) is 0. The number of rotatable bonds is 4. The minimum Gasteiger partial charge on any atom is -0.360 e. The highest BCUT2D eigenvalue weighted by Crippen LogP contribution is 2.19. The van der Waals surface area contributed by atoms with E-state index in [0.717, 1.165) is 38.4 Å². The summed E-state index contributed by atoms with van der Waals surface area (Å²) in [5.74, 6) is 0. The van der Waals surface area contributed by atoms with Crippen molar-refractivity contribution in [2.75, 3.05) is 31.1 Å². The van der Waals surface area contributed by atoms with E-state index in [1.54, 1.807) is 12.1 Å². The molecule has 0 bridgehead atoms. The Labute approximate surface area is 140 Å². The van der Waals surface area contributed by atoms with Gasteiger partial charge < -0.3 is 9.80 Å². The van der Waals surface area contributed by atoms with E-state index in [1.165, 1.54) is 10.5 Å². The van der Waals surface area contributed by atoms with Crippen molar-refractivity contribution in [2.24, 2.45) is 0 Å². The Morgan fingerprint density at radius 2 is 1.88 bits per heavy atom. The molecule has 6 heteroatoms. The van der Waals surface area contributed by atoms with Gasteiger partial charge in [0.05, 0.1) is 42.7 Å². The first-order valence-corrected chi connectivity index (χ1v) is 7.98. The number of piperazine rings is 1. The number of nitriles is 1. The van der Waals surface area contributed by atoms with Crippen molar-refractivity contribution in [3.05, 3.63) is 69.8 Å². The highest BCUT2D eigenvalue weighted by atomic mass is 16.6. The monoisotopic (exact) mass is 323 g/mol. The molecule has 0 spiro atoms. The molecular weight excluding hydrogens is 304 g/mol. The quantitative estimate of drug-likeness (QED) is 0.681. The predicted octanol–water partition coefficient (Wildman–Crippen LogP) is 1.37. The maximum atomic E-state index is 10.7. The van der Waals surface area contributed by atoms with Crippen molar-refractivity contribution >= 4 is 11.4 Å². The molecule has 1 aliphatic rings. The van der Waals surface area contributed by atoms with E-state index in [4.69, 9.17) is 5.26 Å². The van der Waals surface area contributed by atoms with Crippen LogP contribution in [0.2, 0.25) is 0 Å². The Morgan fingerprint density at radius 1 is 1.17 bits per heavy atom. The third-order valence-corrected chi connectivity index (χ3v) is 4.41. The van der Waals surface area contributed by atoms with Gasteiger partial charge in [-0.15, -0.1) is 0 Å². The second kappa shape index (κ2) is 7.11. The van der Waals surface area contributed by atoms with Crippen molar-refractivity contribution in [1.82, 2.24) is 0 Å². The molecule has 0 atom stereocenters. The van der Waals surface area contributed by atoms with E-state index < -0.39 is 0 Å². The maximum absolute atomic E-state index is 10.7. The molecule has 1 fully saturated rings. The number of nitrogens with one attached hydrogen (secondary N) is 1. The van der Waals surface area contributed by atoms with E-state index in [1.807, 2.05) is 30.3 Å². The largest absolute Gasteiger partial charge is 0.360 e. The zero-order valence-corrected chi connectivity index (χ0v) is 13.3. The molecule has 3 rings (SSSR count). The molecule has 6 nitrogen and oxygen atoms in total. The minimum absolute atomic E-state index is 0.125. The molecule has 1 N–H and O–H groups in total. The molecule has 2 aromatic carbocycles. The lowest BCUT2D eigenvalue weighted by Crippen LogP contribution is -3.13. The lowest BCUT2D eigenvalue weighted by Gasteiger charge is -2.33. The molecule has 122 valence electrons. The van der Waals surface area contributed by atoms with Crippen LogP contribution in [0, 0.1) is 21.4 Å². The summed E-state index contributed by atoms with van der Waals surface area (Å²) in [5, 5.41) is 19.7. The van der Waals surface area contributed by atoms with E-state index >= 15 is 0 Å². The van der Waals surface area contributed by atoms with Gasteiger partial charge in [-0.2, -0.15) is 5.26 Å². The van der Waals surface area contributed by atoms with Gasteiger partial charge in [0.2, 0.25) is 0 Å². The lowest BCUT2D eigenvalue weighted by molar-refractivity contribution is -0.914. The zero-order valence-electron chi connectivity index (χ0n) is 13.3.